The number of hydrogen-bond acceptors (Lipinski definition) is 3. The molecular weight excluding hydrogens is 204 g/mol. The fraction of sp³-hybridized carbons (Fsp3) is 0.417. The lowest BCUT2D eigenvalue weighted by atomic mass is 9.93. The molecule has 16 heavy (non-hydrogen) atoms. The first-order valence-corrected chi connectivity index (χ1v) is 5.10. The van der Waals surface area contributed by atoms with Crippen molar-refractivity contribution in [3.63, 3.8) is 0 Å². The van der Waals surface area contributed by atoms with E-state index in [9.17, 15) is 4.79 Å². The van der Waals surface area contributed by atoms with Crippen LogP contribution in [0.4, 0.5) is 5.69 Å². The lowest BCUT2D eigenvalue weighted by molar-refractivity contribution is -0.114. The second-order valence-electron chi connectivity index (χ2n) is 4.29. The van der Waals surface area contributed by atoms with Crippen molar-refractivity contribution in [1.82, 2.24) is 0 Å². The molecule has 0 heterocycles. The first-order chi connectivity index (χ1) is 7.36. The summed E-state index contributed by atoms with van der Waals surface area (Å²) >= 11 is 0. The van der Waals surface area contributed by atoms with Gasteiger partial charge in [0.2, 0.25) is 5.91 Å². The Bertz CT molecular complexity index is 394. The standard InChI is InChI=1S/C12H18N2O2/c1-8(15)14-11-9(12(2,3)13)6-5-7-10(11)16-4/h5-7H,13H2,1-4H3,(H,14,15). The molecule has 0 radical (unpaired) electrons. The van der Waals surface area contributed by atoms with Crippen LogP contribution in [-0.2, 0) is 10.3 Å². The predicted octanol–water partition coefficient (Wildman–Crippen LogP) is 1.85. The van der Waals surface area contributed by atoms with E-state index in [-0.39, 0.29) is 5.91 Å². The molecule has 0 saturated heterocycles. The third-order valence-electron chi connectivity index (χ3n) is 2.24. The Kier molecular flexibility index (Phi) is 3.55. The number of nitrogens with two attached hydrogens (primary N) is 1. The summed E-state index contributed by atoms with van der Waals surface area (Å²) in [6.45, 7) is 5.22. The Balaban J connectivity index is 3.31. The van der Waals surface area contributed by atoms with Crippen LogP contribution in [0, 0.1) is 0 Å². The zero-order valence-electron chi connectivity index (χ0n) is 10.1. The number of benzene rings is 1. The average Bonchev–Trinajstić information content (AvgIpc) is 2.15. The van der Waals surface area contributed by atoms with Gasteiger partial charge in [-0.25, -0.2) is 0 Å². The normalized spacial score (nSPS) is 11.1. The van der Waals surface area contributed by atoms with Gasteiger partial charge in [-0.15, -0.1) is 0 Å². The van der Waals surface area contributed by atoms with Gasteiger partial charge in [0, 0.05) is 12.5 Å². The smallest absolute Gasteiger partial charge is 0.221 e. The van der Waals surface area contributed by atoms with Crippen LogP contribution in [0.15, 0.2) is 18.2 Å². The largest absolute Gasteiger partial charge is 0.495 e. The van der Waals surface area contributed by atoms with Crippen molar-refractivity contribution in [3.8, 4) is 5.75 Å². The highest BCUT2D eigenvalue weighted by Crippen LogP contribution is 2.33. The van der Waals surface area contributed by atoms with E-state index in [1.807, 2.05) is 26.0 Å². The van der Waals surface area contributed by atoms with E-state index in [0.717, 1.165) is 5.56 Å². The van der Waals surface area contributed by atoms with E-state index < -0.39 is 5.54 Å². The number of ether oxygens (including phenoxy) is 1. The van der Waals surface area contributed by atoms with Gasteiger partial charge in [0.15, 0.2) is 0 Å². The molecule has 0 spiro atoms. The summed E-state index contributed by atoms with van der Waals surface area (Å²) in [5, 5.41) is 2.76. The number of nitrogens with one attached hydrogen (secondary N) is 1. The molecule has 3 N–H and O–H groups in total. The maximum atomic E-state index is 11.2. The minimum atomic E-state index is -0.535. The second-order valence-corrected chi connectivity index (χ2v) is 4.29. The number of carbonyl (C=O) groups is 1. The summed E-state index contributed by atoms with van der Waals surface area (Å²) in [4.78, 5) is 11.2. The Hall–Kier alpha value is -1.55. The molecule has 1 amide bonds. The number of anilines is 1. The van der Waals surface area contributed by atoms with Gasteiger partial charge < -0.3 is 15.8 Å². The van der Waals surface area contributed by atoms with Gasteiger partial charge in [-0.05, 0) is 25.5 Å². The summed E-state index contributed by atoms with van der Waals surface area (Å²) in [6.07, 6.45) is 0. The van der Waals surface area contributed by atoms with Crippen LogP contribution >= 0.6 is 0 Å². The molecule has 88 valence electrons. The van der Waals surface area contributed by atoms with Crippen molar-refractivity contribution in [2.75, 3.05) is 12.4 Å². The third kappa shape index (κ3) is 2.73. The zero-order chi connectivity index (χ0) is 12.3. The molecular formula is C12H18N2O2. The van der Waals surface area contributed by atoms with E-state index in [2.05, 4.69) is 5.32 Å². The van der Waals surface area contributed by atoms with E-state index in [1.165, 1.54) is 6.92 Å². The minimum Gasteiger partial charge on any atom is -0.495 e. The lowest BCUT2D eigenvalue weighted by Gasteiger charge is -2.24. The van der Waals surface area contributed by atoms with Crippen LogP contribution in [0.3, 0.4) is 0 Å². The molecule has 4 heteroatoms. The van der Waals surface area contributed by atoms with Crippen molar-refractivity contribution in [1.29, 1.82) is 0 Å². The van der Waals surface area contributed by atoms with Crippen LogP contribution in [0.1, 0.15) is 26.3 Å². The molecule has 0 aromatic heterocycles. The fourth-order valence-corrected chi connectivity index (χ4v) is 1.54. The highest BCUT2D eigenvalue weighted by Gasteiger charge is 2.21. The predicted molar refractivity (Wildman–Crippen MR) is 64.5 cm³/mol. The molecule has 0 bridgehead atoms. The molecule has 0 fully saturated rings. The average molecular weight is 222 g/mol. The number of amides is 1. The minimum absolute atomic E-state index is 0.144. The van der Waals surface area contributed by atoms with Crippen molar-refractivity contribution >= 4 is 11.6 Å². The van der Waals surface area contributed by atoms with Crippen LogP contribution in [0.2, 0.25) is 0 Å². The first-order valence-electron chi connectivity index (χ1n) is 5.10. The van der Waals surface area contributed by atoms with Crippen LogP contribution in [-0.4, -0.2) is 13.0 Å². The zero-order valence-corrected chi connectivity index (χ0v) is 10.1. The highest BCUT2D eigenvalue weighted by atomic mass is 16.5. The van der Waals surface area contributed by atoms with Crippen LogP contribution in [0.5, 0.6) is 5.75 Å². The van der Waals surface area contributed by atoms with Gasteiger partial charge in [-0.2, -0.15) is 0 Å². The molecule has 4 nitrogen and oxygen atoms in total. The number of para-hydroxylation sites is 1. The van der Waals surface area contributed by atoms with Gasteiger partial charge in [-0.1, -0.05) is 12.1 Å². The van der Waals surface area contributed by atoms with Crippen molar-refractivity contribution in [2.24, 2.45) is 5.73 Å². The molecule has 0 unspecified atom stereocenters. The van der Waals surface area contributed by atoms with Crippen LogP contribution in [0.25, 0.3) is 0 Å². The topological polar surface area (TPSA) is 64.3 Å². The van der Waals surface area contributed by atoms with E-state index in [4.69, 9.17) is 10.5 Å². The van der Waals surface area contributed by atoms with Gasteiger partial charge in [0.1, 0.15) is 5.75 Å². The molecule has 0 aliphatic heterocycles. The maximum absolute atomic E-state index is 11.2. The van der Waals surface area contributed by atoms with Crippen LogP contribution < -0.4 is 15.8 Å². The molecule has 0 aliphatic carbocycles. The number of methoxy groups -OCH3 is 1. The summed E-state index contributed by atoms with van der Waals surface area (Å²) in [5.41, 5.74) is 7.01. The number of carbonyl (C=O) groups excluding carboxylic acids is 1. The van der Waals surface area contributed by atoms with E-state index >= 15 is 0 Å². The van der Waals surface area contributed by atoms with E-state index in [0.29, 0.717) is 11.4 Å². The van der Waals surface area contributed by atoms with Gasteiger partial charge in [-0.3, -0.25) is 4.79 Å². The quantitative estimate of drug-likeness (QED) is 0.820. The summed E-state index contributed by atoms with van der Waals surface area (Å²) < 4.78 is 5.21. The van der Waals surface area contributed by atoms with Gasteiger partial charge in [0.05, 0.1) is 12.8 Å². The molecule has 0 saturated carbocycles. The third-order valence-corrected chi connectivity index (χ3v) is 2.24. The second kappa shape index (κ2) is 4.53. The summed E-state index contributed by atoms with van der Waals surface area (Å²) in [5.74, 6) is 0.473. The molecule has 1 aromatic rings. The van der Waals surface area contributed by atoms with Crippen molar-refractivity contribution in [2.45, 2.75) is 26.3 Å². The summed E-state index contributed by atoms with van der Waals surface area (Å²) in [6, 6.07) is 5.53. The Morgan fingerprint density at radius 2 is 2.06 bits per heavy atom. The molecule has 0 atom stereocenters. The molecule has 0 aliphatic rings. The highest BCUT2D eigenvalue weighted by molar-refractivity contribution is 5.91. The Morgan fingerprint density at radius 1 is 1.44 bits per heavy atom. The SMILES string of the molecule is COc1cccc(C(C)(C)N)c1NC(C)=O. The lowest BCUT2D eigenvalue weighted by Crippen LogP contribution is -2.30. The first kappa shape index (κ1) is 12.5. The summed E-state index contributed by atoms with van der Waals surface area (Å²) in [7, 11) is 1.56. The monoisotopic (exact) mass is 222 g/mol. The molecule has 1 aromatic carbocycles. The number of rotatable bonds is 3. The van der Waals surface area contributed by atoms with Gasteiger partial charge in [0.25, 0.3) is 0 Å². The van der Waals surface area contributed by atoms with Crippen molar-refractivity contribution in [3.05, 3.63) is 23.8 Å². The van der Waals surface area contributed by atoms with Gasteiger partial charge >= 0.3 is 0 Å². The number of hydrogen-bond donors (Lipinski definition) is 2. The molecule has 1 rings (SSSR count). The Labute approximate surface area is 95.8 Å². The fourth-order valence-electron chi connectivity index (χ4n) is 1.54. The van der Waals surface area contributed by atoms with Crippen molar-refractivity contribution < 1.29 is 9.53 Å². The van der Waals surface area contributed by atoms with E-state index in [1.54, 1.807) is 13.2 Å². The Morgan fingerprint density at radius 3 is 2.50 bits per heavy atom. The maximum Gasteiger partial charge on any atom is 0.221 e.